The van der Waals surface area contributed by atoms with Crippen LogP contribution in [-0.4, -0.2) is 36.9 Å². The van der Waals surface area contributed by atoms with Crippen LogP contribution in [0, 0.1) is 5.92 Å². The predicted molar refractivity (Wildman–Crippen MR) is 86.4 cm³/mol. The minimum atomic E-state index is 0.151. The van der Waals surface area contributed by atoms with Gasteiger partial charge in [-0.05, 0) is 57.0 Å². The lowest BCUT2D eigenvalue weighted by molar-refractivity contribution is 0.0953. The van der Waals surface area contributed by atoms with E-state index < -0.39 is 0 Å². The summed E-state index contributed by atoms with van der Waals surface area (Å²) in [5.41, 5.74) is 0.675. The third kappa shape index (κ3) is 4.72. The number of ether oxygens (including phenoxy) is 1. The number of ketones is 1. The Balaban J connectivity index is 1.87. The number of Topliss-reactive ketones (excluding diaryl/α,β-unsaturated/α-hetero) is 1. The number of rotatable bonds is 6. The van der Waals surface area contributed by atoms with E-state index in [1.165, 1.54) is 12.8 Å². The first kappa shape index (κ1) is 16.3. The fraction of sp³-hybridized carbons (Fsp3) is 0.588. The van der Waals surface area contributed by atoms with Gasteiger partial charge in [0.15, 0.2) is 5.78 Å². The average Bonchev–Trinajstić information content (AvgIpc) is 2.48. The smallest absolute Gasteiger partial charge is 0.164 e. The molecule has 0 N–H and O–H groups in total. The Hall–Kier alpha value is -1.06. The lowest BCUT2D eigenvalue weighted by Crippen LogP contribution is -2.34. The summed E-state index contributed by atoms with van der Waals surface area (Å²) in [4.78, 5) is 14.6. The van der Waals surface area contributed by atoms with E-state index in [1.807, 2.05) is 6.92 Å². The number of nitrogens with zero attached hydrogens (tertiary/aromatic N) is 1. The van der Waals surface area contributed by atoms with Crippen LogP contribution in [0.1, 0.15) is 43.5 Å². The topological polar surface area (TPSA) is 29.5 Å². The van der Waals surface area contributed by atoms with Crippen molar-refractivity contribution in [3.63, 3.8) is 0 Å². The third-order valence-electron chi connectivity index (χ3n) is 4.09. The fourth-order valence-corrected chi connectivity index (χ4v) is 2.87. The summed E-state index contributed by atoms with van der Waals surface area (Å²) < 4.78 is 5.39. The Morgan fingerprint density at radius 2 is 2.10 bits per heavy atom. The standard InChI is InChI=1S/C17H24ClNO2/c1-3-21-17-5-4-14(12-15(17)18)16(20)8-11-19-9-6-13(2)7-10-19/h4-5,12-13H,3,6-11H2,1-2H3. The summed E-state index contributed by atoms with van der Waals surface area (Å²) in [6.45, 7) is 7.84. The Labute approximate surface area is 132 Å². The zero-order chi connectivity index (χ0) is 15.2. The highest BCUT2D eigenvalue weighted by atomic mass is 35.5. The minimum Gasteiger partial charge on any atom is -0.492 e. The lowest BCUT2D eigenvalue weighted by atomic mass is 9.99. The van der Waals surface area contributed by atoms with Gasteiger partial charge in [-0.3, -0.25) is 4.79 Å². The second-order valence-electron chi connectivity index (χ2n) is 5.78. The molecule has 2 rings (SSSR count). The van der Waals surface area contributed by atoms with Crippen LogP contribution in [0.4, 0.5) is 0 Å². The number of hydrogen-bond donors (Lipinski definition) is 0. The van der Waals surface area contributed by atoms with E-state index in [0.717, 1.165) is 25.6 Å². The second kappa shape index (κ2) is 7.81. The summed E-state index contributed by atoms with van der Waals surface area (Å²) >= 11 is 6.13. The third-order valence-corrected chi connectivity index (χ3v) is 4.38. The lowest BCUT2D eigenvalue weighted by Gasteiger charge is -2.29. The van der Waals surface area contributed by atoms with Crippen molar-refractivity contribution >= 4 is 17.4 Å². The first-order chi connectivity index (χ1) is 10.1. The number of piperidine rings is 1. The molecule has 0 unspecified atom stereocenters. The van der Waals surface area contributed by atoms with Crippen molar-refractivity contribution in [1.82, 2.24) is 4.90 Å². The number of halogens is 1. The molecule has 1 aromatic carbocycles. The largest absolute Gasteiger partial charge is 0.492 e. The molecule has 0 saturated carbocycles. The van der Waals surface area contributed by atoms with Crippen molar-refractivity contribution in [3.8, 4) is 5.75 Å². The summed E-state index contributed by atoms with van der Waals surface area (Å²) in [5.74, 6) is 1.61. The molecular formula is C17H24ClNO2. The second-order valence-corrected chi connectivity index (χ2v) is 6.18. The van der Waals surface area contributed by atoms with Crippen LogP contribution in [-0.2, 0) is 0 Å². The van der Waals surface area contributed by atoms with Crippen LogP contribution >= 0.6 is 11.6 Å². The van der Waals surface area contributed by atoms with E-state index in [0.29, 0.717) is 29.4 Å². The number of carbonyl (C=O) groups is 1. The van der Waals surface area contributed by atoms with Gasteiger partial charge in [-0.25, -0.2) is 0 Å². The molecule has 0 aliphatic carbocycles. The molecule has 1 heterocycles. The van der Waals surface area contributed by atoms with Crippen molar-refractivity contribution in [1.29, 1.82) is 0 Å². The molecule has 4 heteroatoms. The zero-order valence-corrected chi connectivity index (χ0v) is 13.7. The average molecular weight is 310 g/mol. The summed E-state index contributed by atoms with van der Waals surface area (Å²) in [6.07, 6.45) is 3.03. The maximum absolute atomic E-state index is 12.2. The molecule has 116 valence electrons. The molecule has 0 amide bonds. The van der Waals surface area contributed by atoms with Crippen LogP contribution in [0.5, 0.6) is 5.75 Å². The molecule has 1 fully saturated rings. The molecule has 1 aromatic rings. The van der Waals surface area contributed by atoms with Gasteiger partial charge in [0.1, 0.15) is 5.75 Å². The Kier molecular flexibility index (Phi) is 6.07. The zero-order valence-electron chi connectivity index (χ0n) is 12.9. The highest BCUT2D eigenvalue weighted by molar-refractivity contribution is 6.32. The quantitative estimate of drug-likeness (QED) is 0.743. The van der Waals surface area contributed by atoms with Gasteiger partial charge in [-0.15, -0.1) is 0 Å². The Morgan fingerprint density at radius 1 is 1.38 bits per heavy atom. The van der Waals surface area contributed by atoms with Crippen LogP contribution in [0.2, 0.25) is 5.02 Å². The maximum Gasteiger partial charge on any atom is 0.164 e. The monoisotopic (exact) mass is 309 g/mol. The Bertz CT molecular complexity index is 482. The summed E-state index contributed by atoms with van der Waals surface area (Å²) in [5, 5.41) is 0.509. The SMILES string of the molecule is CCOc1ccc(C(=O)CCN2CCC(C)CC2)cc1Cl. The molecule has 0 atom stereocenters. The van der Waals surface area contributed by atoms with E-state index in [-0.39, 0.29) is 5.78 Å². The molecule has 0 bridgehead atoms. The normalized spacial score (nSPS) is 16.9. The highest BCUT2D eigenvalue weighted by Gasteiger charge is 2.17. The van der Waals surface area contributed by atoms with Crippen LogP contribution in [0.15, 0.2) is 18.2 Å². The number of benzene rings is 1. The number of likely N-dealkylation sites (tertiary alicyclic amines) is 1. The van der Waals surface area contributed by atoms with E-state index in [2.05, 4.69) is 11.8 Å². The molecule has 1 aliphatic rings. The van der Waals surface area contributed by atoms with Crippen LogP contribution in [0.25, 0.3) is 0 Å². The molecule has 0 radical (unpaired) electrons. The number of carbonyl (C=O) groups excluding carboxylic acids is 1. The van der Waals surface area contributed by atoms with Crippen molar-refractivity contribution in [2.24, 2.45) is 5.92 Å². The van der Waals surface area contributed by atoms with E-state index >= 15 is 0 Å². The molecule has 1 aliphatic heterocycles. The van der Waals surface area contributed by atoms with Crippen LogP contribution < -0.4 is 4.74 Å². The number of hydrogen-bond acceptors (Lipinski definition) is 3. The predicted octanol–water partition coefficient (Wildman–Crippen LogP) is 4.04. The molecular weight excluding hydrogens is 286 g/mol. The van der Waals surface area contributed by atoms with Gasteiger partial charge < -0.3 is 9.64 Å². The summed E-state index contributed by atoms with van der Waals surface area (Å²) in [7, 11) is 0. The Morgan fingerprint density at radius 3 is 2.71 bits per heavy atom. The molecule has 1 saturated heterocycles. The minimum absolute atomic E-state index is 0.151. The van der Waals surface area contributed by atoms with Crippen molar-refractivity contribution in [2.75, 3.05) is 26.2 Å². The van der Waals surface area contributed by atoms with E-state index in [4.69, 9.17) is 16.3 Å². The van der Waals surface area contributed by atoms with Gasteiger partial charge in [-0.2, -0.15) is 0 Å². The van der Waals surface area contributed by atoms with Gasteiger partial charge in [0.25, 0.3) is 0 Å². The first-order valence-corrected chi connectivity index (χ1v) is 8.16. The van der Waals surface area contributed by atoms with Gasteiger partial charge in [0.05, 0.1) is 11.6 Å². The van der Waals surface area contributed by atoms with Gasteiger partial charge >= 0.3 is 0 Å². The van der Waals surface area contributed by atoms with E-state index in [1.54, 1.807) is 18.2 Å². The van der Waals surface area contributed by atoms with Gasteiger partial charge in [0, 0.05) is 18.5 Å². The maximum atomic E-state index is 12.2. The molecule has 0 spiro atoms. The van der Waals surface area contributed by atoms with Crippen molar-refractivity contribution in [3.05, 3.63) is 28.8 Å². The van der Waals surface area contributed by atoms with Crippen molar-refractivity contribution in [2.45, 2.75) is 33.1 Å². The van der Waals surface area contributed by atoms with E-state index in [9.17, 15) is 4.79 Å². The molecule has 21 heavy (non-hydrogen) atoms. The first-order valence-electron chi connectivity index (χ1n) is 7.78. The molecule has 3 nitrogen and oxygen atoms in total. The van der Waals surface area contributed by atoms with Crippen LogP contribution in [0.3, 0.4) is 0 Å². The summed E-state index contributed by atoms with van der Waals surface area (Å²) in [6, 6.07) is 5.30. The van der Waals surface area contributed by atoms with Crippen molar-refractivity contribution < 1.29 is 9.53 Å². The van der Waals surface area contributed by atoms with Gasteiger partial charge in [-0.1, -0.05) is 18.5 Å². The highest BCUT2D eigenvalue weighted by Crippen LogP contribution is 2.26. The van der Waals surface area contributed by atoms with Gasteiger partial charge in [0.2, 0.25) is 0 Å². The fourth-order valence-electron chi connectivity index (χ4n) is 2.64. The molecule has 0 aromatic heterocycles.